The average Bonchev–Trinajstić information content (AvgIpc) is 3.03. The van der Waals surface area contributed by atoms with Crippen molar-refractivity contribution in [3.63, 3.8) is 0 Å². The Balaban J connectivity index is 1.76. The molecule has 0 saturated carbocycles. The van der Waals surface area contributed by atoms with Crippen LogP contribution in [0.15, 0.2) is 17.0 Å². The first-order valence-corrected chi connectivity index (χ1v) is 8.35. The number of aryl methyl sites for hydroxylation is 1. The Hall–Kier alpha value is -1.24. The molecule has 0 radical (unpaired) electrons. The summed E-state index contributed by atoms with van der Waals surface area (Å²) in [6, 6.07) is 1.47. The lowest BCUT2D eigenvalue weighted by molar-refractivity contribution is -0.144. The third kappa shape index (κ3) is 2.51. The second kappa shape index (κ2) is 5.63. The Kier molecular flexibility index (Phi) is 3.87. The maximum absolute atomic E-state index is 11.6. The number of thiazole rings is 1. The molecule has 106 valence electrons. The zero-order valence-electron chi connectivity index (χ0n) is 11.2. The number of aromatic nitrogens is 1. The van der Waals surface area contributed by atoms with Crippen molar-refractivity contribution in [1.82, 2.24) is 9.88 Å². The number of carboxylic acid groups (broad SMARTS) is 1. The van der Waals surface area contributed by atoms with E-state index in [0.29, 0.717) is 0 Å². The minimum absolute atomic E-state index is 0.488. The molecular formula is C14H16N2O2S2. The SMILES string of the molecule is Cc1ncsc1CCN1CCc2sccc2C1C(=O)O. The second-order valence-corrected chi connectivity index (χ2v) is 6.88. The molecule has 0 fully saturated rings. The van der Waals surface area contributed by atoms with Gasteiger partial charge in [-0.25, -0.2) is 4.98 Å². The number of fused-ring (bicyclic) bond motifs is 1. The quantitative estimate of drug-likeness (QED) is 0.943. The topological polar surface area (TPSA) is 53.4 Å². The summed E-state index contributed by atoms with van der Waals surface area (Å²) in [6.45, 7) is 3.60. The number of carboxylic acids is 1. The van der Waals surface area contributed by atoms with Crippen LogP contribution in [0.2, 0.25) is 0 Å². The van der Waals surface area contributed by atoms with Gasteiger partial charge < -0.3 is 5.11 Å². The lowest BCUT2D eigenvalue weighted by Crippen LogP contribution is -2.40. The molecule has 1 unspecified atom stereocenters. The van der Waals surface area contributed by atoms with E-state index in [2.05, 4.69) is 9.88 Å². The van der Waals surface area contributed by atoms with Crippen LogP contribution >= 0.6 is 22.7 Å². The molecule has 2 aromatic heterocycles. The Labute approximate surface area is 125 Å². The third-order valence-corrected chi connectivity index (χ3v) is 5.76. The predicted molar refractivity (Wildman–Crippen MR) is 80.5 cm³/mol. The van der Waals surface area contributed by atoms with Gasteiger partial charge in [0.25, 0.3) is 0 Å². The molecule has 0 aromatic carbocycles. The lowest BCUT2D eigenvalue weighted by Gasteiger charge is -2.33. The zero-order chi connectivity index (χ0) is 14.1. The molecule has 0 saturated heterocycles. The van der Waals surface area contributed by atoms with Gasteiger partial charge in [-0.05, 0) is 36.8 Å². The van der Waals surface area contributed by atoms with E-state index in [-0.39, 0.29) is 0 Å². The maximum atomic E-state index is 11.6. The summed E-state index contributed by atoms with van der Waals surface area (Å²) < 4.78 is 0. The third-order valence-electron chi connectivity index (χ3n) is 3.77. The lowest BCUT2D eigenvalue weighted by atomic mass is 10.00. The number of nitrogens with zero attached hydrogens (tertiary/aromatic N) is 2. The van der Waals surface area contributed by atoms with Gasteiger partial charge in [0.1, 0.15) is 6.04 Å². The van der Waals surface area contributed by atoms with Gasteiger partial charge in [0.2, 0.25) is 0 Å². The van der Waals surface area contributed by atoms with Gasteiger partial charge in [0.05, 0.1) is 11.2 Å². The number of aliphatic carboxylic acids is 1. The van der Waals surface area contributed by atoms with Crippen LogP contribution in [0.3, 0.4) is 0 Å². The van der Waals surface area contributed by atoms with E-state index in [9.17, 15) is 9.90 Å². The molecule has 0 aliphatic carbocycles. The first-order valence-electron chi connectivity index (χ1n) is 6.59. The number of thiophene rings is 1. The summed E-state index contributed by atoms with van der Waals surface area (Å²) in [5, 5.41) is 11.5. The minimum atomic E-state index is -0.745. The van der Waals surface area contributed by atoms with Crippen molar-refractivity contribution in [3.05, 3.63) is 38.0 Å². The van der Waals surface area contributed by atoms with Crippen molar-refractivity contribution >= 4 is 28.6 Å². The van der Waals surface area contributed by atoms with Crippen molar-refractivity contribution in [3.8, 4) is 0 Å². The molecule has 1 atom stereocenters. The predicted octanol–water partition coefficient (Wildman–Crippen LogP) is 2.74. The van der Waals surface area contributed by atoms with Crippen LogP contribution in [0.4, 0.5) is 0 Å². The molecule has 2 aromatic rings. The van der Waals surface area contributed by atoms with Gasteiger partial charge in [0, 0.05) is 22.8 Å². The highest BCUT2D eigenvalue weighted by atomic mass is 32.1. The van der Waals surface area contributed by atoms with Gasteiger partial charge in [-0.15, -0.1) is 22.7 Å². The van der Waals surface area contributed by atoms with Crippen LogP contribution in [-0.4, -0.2) is 34.0 Å². The smallest absolute Gasteiger partial charge is 0.325 e. The number of hydrogen-bond donors (Lipinski definition) is 1. The molecule has 1 aliphatic rings. The van der Waals surface area contributed by atoms with E-state index in [4.69, 9.17) is 0 Å². The van der Waals surface area contributed by atoms with Gasteiger partial charge in [0.15, 0.2) is 0 Å². The Morgan fingerprint density at radius 1 is 1.55 bits per heavy atom. The van der Waals surface area contributed by atoms with E-state index >= 15 is 0 Å². The average molecular weight is 308 g/mol. The molecule has 0 spiro atoms. The minimum Gasteiger partial charge on any atom is -0.480 e. The highest BCUT2D eigenvalue weighted by Gasteiger charge is 2.33. The highest BCUT2D eigenvalue weighted by Crippen LogP contribution is 2.33. The standard InChI is InChI=1S/C14H16N2O2S2/c1-9-11(20-8-15-9)2-5-16-6-3-12-10(4-7-19-12)13(16)14(17)18/h4,7-8,13H,2-3,5-6H2,1H3,(H,17,18). The van der Waals surface area contributed by atoms with Gasteiger partial charge >= 0.3 is 5.97 Å². The fraction of sp³-hybridized carbons (Fsp3) is 0.429. The van der Waals surface area contributed by atoms with Crippen LogP contribution in [0, 0.1) is 6.92 Å². The number of carbonyl (C=O) groups is 1. The van der Waals surface area contributed by atoms with E-state index in [1.54, 1.807) is 22.7 Å². The fourth-order valence-electron chi connectivity index (χ4n) is 2.71. The molecule has 3 heterocycles. The van der Waals surface area contributed by atoms with Gasteiger partial charge in [-0.2, -0.15) is 0 Å². The van der Waals surface area contributed by atoms with E-state index < -0.39 is 12.0 Å². The Morgan fingerprint density at radius 2 is 2.40 bits per heavy atom. The van der Waals surface area contributed by atoms with Crippen LogP contribution in [-0.2, 0) is 17.6 Å². The second-order valence-electron chi connectivity index (χ2n) is 4.94. The molecule has 1 aliphatic heterocycles. The van der Waals surface area contributed by atoms with Crippen molar-refractivity contribution in [2.45, 2.75) is 25.8 Å². The zero-order valence-corrected chi connectivity index (χ0v) is 12.8. The van der Waals surface area contributed by atoms with E-state index in [1.807, 2.05) is 23.9 Å². The monoisotopic (exact) mass is 308 g/mol. The number of rotatable bonds is 4. The van der Waals surface area contributed by atoms with Crippen molar-refractivity contribution in [1.29, 1.82) is 0 Å². The summed E-state index contributed by atoms with van der Waals surface area (Å²) >= 11 is 3.32. The van der Waals surface area contributed by atoms with Crippen molar-refractivity contribution < 1.29 is 9.90 Å². The molecule has 6 heteroatoms. The molecular weight excluding hydrogens is 292 g/mol. The maximum Gasteiger partial charge on any atom is 0.325 e. The molecule has 0 bridgehead atoms. The van der Waals surface area contributed by atoms with Crippen LogP contribution in [0.5, 0.6) is 0 Å². The van der Waals surface area contributed by atoms with Crippen molar-refractivity contribution in [2.75, 3.05) is 13.1 Å². The van der Waals surface area contributed by atoms with E-state index in [1.165, 1.54) is 9.75 Å². The summed E-state index contributed by atoms with van der Waals surface area (Å²) in [4.78, 5) is 20.4. The van der Waals surface area contributed by atoms with Crippen LogP contribution in [0.1, 0.15) is 27.1 Å². The first-order chi connectivity index (χ1) is 9.66. The highest BCUT2D eigenvalue weighted by molar-refractivity contribution is 7.10. The molecule has 0 amide bonds. The van der Waals surface area contributed by atoms with E-state index in [0.717, 1.165) is 37.2 Å². The Morgan fingerprint density at radius 3 is 3.10 bits per heavy atom. The molecule has 20 heavy (non-hydrogen) atoms. The van der Waals surface area contributed by atoms with Crippen molar-refractivity contribution in [2.24, 2.45) is 0 Å². The summed E-state index contributed by atoms with van der Waals surface area (Å²) in [6.07, 6.45) is 1.83. The normalized spacial score (nSPS) is 18.9. The van der Waals surface area contributed by atoms with Crippen LogP contribution < -0.4 is 0 Å². The molecule has 3 rings (SSSR count). The van der Waals surface area contributed by atoms with Gasteiger partial charge in [-0.3, -0.25) is 9.69 Å². The first kappa shape index (κ1) is 13.7. The largest absolute Gasteiger partial charge is 0.480 e. The molecule has 1 N–H and O–H groups in total. The summed E-state index contributed by atoms with van der Waals surface area (Å²) in [5.41, 5.74) is 3.90. The van der Waals surface area contributed by atoms with Gasteiger partial charge in [-0.1, -0.05) is 0 Å². The summed E-state index contributed by atoms with van der Waals surface area (Å²) in [5.74, 6) is -0.745. The molecule has 4 nitrogen and oxygen atoms in total. The fourth-order valence-corrected chi connectivity index (χ4v) is 4.38. The number of hydrogen-bond acceptors (Lipinski definition) is 5. The Bertz CT molecular complexity index is 620. The van der Waals surface area contributed by atoms with Crippen LogP contribution in [0.25, 0.3) is 0 Å². The summed E-state index contributed by atoms with van der Waals surface area (Å²) in [7, 11) is 0.